The van der Waals surface area contributed by atoms with Crippen molar-refractivity contribution in [3.05, 3.63) is 24.0 Å². The van der Waals surface area contributed by atoms with E-state index in [1.54, 1.807) is 0 Å². The van der Waals surface area contributed by atoms with Gasteiger partial charge in [-0.3, -0.25) is 4.79 Å². The normalized spacial score (nSPS) is 9.77. The molecule has 5 heteroatoms. The van der Waals surface area contributed by atoms with Crippen LogP contribution in [0.2, 0.25) is 0 Å². The Balaban J connectivity index is 3.08. The van der Waals surface area contributed by atoms with E-state index < -0.39 is 17.5 Å². The van der Waals surface area contributed by atoms with Crippen LogP contribution in [0.4, 0.5) is 14.6 Å². The summed E-state index contributed by atoms with van der Waals surface area (Å²) in [7, 11) is 0. The first-order valence-electron chi connectivity index (χ1n) is 3.47. The molecule has 0 atom stereocenters. The molecule has 70 valence electrons. The molecule has 1 rings (SSSR count). The van der Waals surface area contributed by atoms with E-state index in [1.807, 2.05) is 0 Å². The highest BCUT2D eigenvalue weighted by Crippen LogP contribution is 2.27. The van der Waals surface area contributed by atoms with E-state index in [-0.39, 0.29) is 10.8 Å². The molecule has 0 aromatic heterocycles. The summed E-state index contributed by atoms with van der Waals surface area (Å²) in [5.74, 6) is -2.20. The van der Waals surface area contributed by atoms with Gasteiger partial charge in [0.2, 0.25) is 0 Å². The van der Waals surface area contributed by atoms with Crippen molar-refractivity contribution in [2.45, 2.75) is 6.92 Å². The third-order valence-corrected chi connectivity index (χ3v) is 1.43. The Hall–Kier alpha value is -1.65. The van der Waals surface area contributed by atoms with Crippen LogP contribution in [-0.2, 0) is 4.79 Å². The first kappa shape index (κ1) is 9.44. The quantitative estimate of drug-likeness (QED) is 0.680. The predicted molar refractivity (Wildman–Crippen MR) is 42.3 cm³/mol. The maximum Gasteiger partial charge on any atom is 0.252 e. The lowest BCUT2D eigenvalue weighted by molar-refractivity contribution is -0.119. The Morgan fingerprint density at radius 2 is 2.15 bits per heavy atom. The third kappa shape index (κ3) is 1.93. The topological polar surface area (TPSA) is 40.5 Å². The number of hydrogen-bond acceptors (Lipinski definition) is 2. The molecule has 0 heterocycles. The molecule has 3 nitrogen and oxygen atoms in total. The van der Waals surface area contributed by atoms with Gasteiger partial charge in [-0.25, -0.2) is 4.39 Å². The van der Waals surface area contributed by atoms with Crippen LogP contribution in [0, 0.1) is 5.82 Å². The maximum atomic E-state index is 12.9. The van der Waals surface area contributed by atoms with Gasteiger partial charge in [-0.2, -0.15) is 0 Å². The maximum absolute atomic E-state index is 12.9. The van der Waals surface area contributed by atoms with Crippen molar-refractivity contribution >= 4 is 11.6 Å². The molecule has 1 N–H and O–H groups in total. The van der Waals surface area contributed by atoms with Crippen LogP contribution in [0.15, 0.2) is 18.2 Å². The highest BCUT2D eigenvalue weighted by Gasteiger charge is 2.14. The summed E-state index contributed by atoms with van der Waals surface area (Å²) in [4.78, 5) is 10.5. The lowest BCUT2D eigenvalue weighted by atomic mass is 10.3. The molecule has 0 bridgehead atoms. The summed E-state index contributed by atoms with van der Waals surface area (Å²) in [5, 5.41) is 8.78. The van der Waals surface area contributed by atoms with Gasteiger partial charge in [0.25, 0.3) is 5.91 Å². The molecule has 1 aromatic carbocycles. The average Bonchev–Trinajstić information content (AvgIpc) is 2.03. The molecule has 0 spiro atoms. The van der Waals surface area contributed by atoms with Crippen molar-refractivity contribution in [2.75, 3.05) is 5.12 Å². The number of nitrogens with zero attached hydrogens (tertiary/aromatic N) is 1. The number of amides is 1. The molecule has 13 heavy (non-hydrogen) atoms. The van der Waals surface area contributed by atoms with E-state index >= 15 is 0 Å². The van der Waals surface area contributed by atoms with Crippen molar-refractivity contribution in [3.8, 4) is 5.75 Å². The van der Waals surface area contributed by atoms with Crippen LogP contribution in [0.3, 0.4) is 0 Å². The van der Waals surface area contributed by atoms with Crippen LogP contribution in [0.5, 0.6) is 5.75 Å². The minimum atomic E-state index is -0.887. The Kier molecular flexibility index (Phi) is 2.46. The van der Waals surface area contributed by atoms with Crippen molar-refractivity contribution in [1.29, 1.82) is 0 Å². The van der Waals surface area contributed by atoms with Gasteiger partial charge in [0.1, 0.15) is 17.3 Å². The molecule has 0 aliphatic heterocycles. The second kappa shape index (κ2) is 3.38. The van der Waals surface area contributed by atoms with Gasteiger partial charge in [0, 0.05) is 13.0 Å². The van der Waals surface area contributed by atoms with E-state index in [0.29, 0.717) is 0 Å². The summed E-state index contributed by atoms with van der Waals surface area (Å²) in [6, 6.07) is 2.65. The van der Waals surface area contributed by atoms with Crippen LogP contribution >= 0.6 is 0 Å². The molecule has 0 aliphatic carbocycles. The molecule has 0 fully saturated rings. The number of phenolic OH excluding ortho intramolecular Hbond substituents is 1. The first-order valence-corrected chi connectivity index (χ1v) is 3.47. The standard InChI is InChI=1S/C8H7F2NO2/c1-5(12)11(10)7-3-2-6(9)4-8(7)13/h2-4,13H,1H3. The largest absolute Gasteiger partial charge is 0.506 e. The fraction of sp³-hybridized carbons (Fsp3) is 0.125. The molecular formula is C8H7F2NO2. The van der Waals surface area contributed by atoms with Gasteiger partial charge >= 0.3 is 0 Å². The van der Waals surface area contributed by atoms with Gasteiger partial charge in [-0.15, -0.1) is 5.12 Å². The lowest BCUT2D eigenvalue weighted by Crippen LogP contribution is -2.17. The number of rotatable bonds is 1. The average molecular weight is 187 g/mol. The summed E-state index contributed by atoms with van der Waals surface area (Å²) in [6.45, 7) is 0.989. The van der Waals surface area contributed by atoms with Gasteiger partial charge in [0.05, 0.1) is 0 Å². The zero-order valence-corrected chi connectivity index (χ0v) is 6.79. The fourth-order valence-electron chi connectivity index (χ4n) is 0.832. The number of anilines is 1. The zero-order valence-electron chi connectivity index (χ0n) is 6.79. The number of phenols is 1. The van der Waals surface area contributed by atoms with Crippen molar-refractivity contribution in [1.82, 2.24) is 0 Å². The number of carbonyl (C=O) groups excluding carboxylic acids is 1. The number of halogens is 2. The number of benzene rings is 1. The number of carbonyl (C=O) groups is 1. The molecule has 0 saturated heterocycles. The summed E-state index contributed by atoms with van der Waals surface area (Å²) < 4.78 is 25.3. The van der Waals surface area contributed by atoms with Crippen LogP contribution in [-0.4, -0.2) is 11.0 Å². The van der Waals surface area contributed by atoms with Crippen LogP contribution < -0.4 is 5.12 Å². The highest BCUT2D eigenvalue weighted by atomic mass is 19.2. The van der Waals surface area contributed by atoms with Crippen molar-refractivity contribution < 1.29 is 18.8 Å². The minimum absolute atomic E-state index is 0.255. The van der Waals surface area contributed by atoms with E-state index in [0.717, 1.165) is 25.1 Å². The summed E-state index contributed by atoms with van der Waals surface area (Å²) >= 11 is 0. The Labute approximate surface area is 73.1 Å². The monoisotopic (exact) mass is 187 g/mol. The molecule has 0 radical (unpaired) electrons. The molecule has 0 unspecified atom stereocenters. The Bertz CT molecular complexity index is 341. The Morgan fingerprint density at radius 3 is 2.62 bits per heavy atom. The number of aromatic hydroxyl groups is 1. The Morgan fingerprint density at radius 1 is 1.54 bits per heavy atom. The smallest absolute Gasteiger partial charge is 0.252 e. The van der Waals surface area contributed by atoms with E-state index in [1.165, 1.54) is 0 Å². The lowest BCUT2D eigenvalue weighted by Gasteiger charge is -2.10. The van der Waals surface area contributed by atoms with Crippen LogP contribution in [0.1, 0.15) is 6.92 Å². The molecular weight excluding hydrogens is 180 g/mol. The summed E-state index contributed by atoms with van der Waals surface area (Å²) in [5.41, 5.74) is -0.367. The number of hydrogen-bond donors (Lipinski definition) is 1. The minimum Gasteiger partial charge on any atom is -0.506 e. The summed E-state index contributed by atoms with van der Waals surface area (Å²) in [6.07, 6.45) is 0. The van der Waals surface area contributed by atoms with Crippen LogP contribution in [0.25, 0.3) is 0 Å². The van der Waals surface area contributed by atoms with E-state index in [2.05, 4.69) is 0 Å². The van der Waals surface area contributed by atoms with Crippen molar-refractivity contribution in [3.63, 3.8) is 0 Å². The fourth-order valence-corrected chi connectivity index (χ4v) is 0.832. The van der Waals surface area contributed by atoms with Gasteiger partial charge in [-0.05, 0) is 12.1 Å². The van der Waals surface area contributed by atoms with Gasteiger partial charge in [0.15, 0.2) is 0 Å². The van der Waals surface area contributed by atoms with E-state index in [9.17, 15) is 13.7 Å². The first-order chi connectivity index (χ1) is 6.02. The second-order valence-corrected chi connectivity index (χ2v) is 2.43. The van der Waals surface area contributed by atoms with Crippen molar-refractivity contribution in [2.24, 2.45) is 0 Å². The molecule has 0 saturated carbocycles. The zero-order chi connectivity index (χ0) is 10.0. The molecule has 1 amide bonds. The molecule has 1 aromatic rings. The SMILES string of the molecule is CC(=O)N(F)c1ccc(F)cc1O. The molecule has 0 aliphatic rings. The second-order valence-electron chi connectivity index (χ2n) is 2.43. The predicted octanol–water partition coefficient (Wildman–Crippen LogP) is 1.77. The third-order valence-electron chi connectivity index (χ3n) is 1.43. The highest BCUT2D eigenvalue weighted by molar-refractivity contribution is 5.90. The van der Waals surface area contributed by atoms with E-state index in [4.69, 9.17) is 5.11 Å². The van der Waals surface area contributed by atoms with Gasteiger partial charge in [-0.1, -0.05) is 4.48 Å². The van der Waals surface area contributed by atoms with Gasteiger partial charge < -0.3 is 5.11 Å².